The number of rotatable bonds is 14. The summed E-state index contributed by atoms with van der Waals surface area (Å²) < 4.78 is 5.96. The van der Waals surface area contributed by atoms with Crippen molar-refractivity contribution in [2.75, 3.05) is 50.1 Å². The van der Waals surface area contributed by atoms with Crippen molar-refractivity contribution >= 4 is 23.3 Å². The summed E-state index contributed by atoms with van der Waals surface area (Å²) in [5, 5.41) is 0. The number of hydrogen-bond donors (Lipinski definition) is 0. The first-order chi connectivity index (χ1) is 19.1. The van der Waals surface area contributed by atoms with Gasteiger partial charge < -0.3 is 14.1 Å². The minimum Gasteiger partial charge on any atom is -0.466 e. The van der Waals surface area contributed by atoms with Crippen molar-refractivity contribution in [3.63, 3.8) is 0 Å². The molecule has 1 heterocycles. The Hall–Kier alpha value is -3.64. The van der Waals surface area contributed by atoms with Crippen LogP contribution in [0.15, 0.2) is 91.3 Å². The molecule has 3 rings (SSSR count). The van der Waals surface area contributed by atoms with E-state index in [1.165, 1.54) is 11.3 Å². The molecule has 0 saturated carbocycles. The summed E-state index contributed by atoms with van der Waals surface area (Å²) in [6.45, 7) is 9.10. The van der Waals surface area contributed by atoms with Gasteiger partial charge in [-0.05, 0) is 56.5 Å². The van der Waals surface area contributed by atoms with Crippen LogP contribution in [0.2, 0.25) is 0 Å². The van der Waals surface area contributed by atoms with Gasteiger partial charge in [-0.15, -0.1) is 0 Å². The number of hydrogen-bond acceptors (Lipinski definition) is 4. The summed E-state index contributed by atoms with van der Waals surface area (Å²) in [7, 11) is 4.48. The smallest absolute Gasteiger partial charge is 0.305 e. The van der Waals surface area contributed by atoms with Crippen molar-refractivity contribution in [2.45, 2.75) is 51.9 Å². The van der Waals surface area contributed by atoms with E-state index in [4.69, 9.17) is 4.74 Å². The fourth-order valence-corrected chi connectivity index (χ4v) is 5.11. The van der Waals surface area contributed by atoms with Crippen LogP contribution in [-0.2, 0) is 19.7 Å². The molecule has 1 atom stereocenters. The lowest BCUT2D eigenvalue weighted by molar-refractivity contribution is -0.890. The average molecular weight is 545 g/mol. The van der Waals surface area contributed by atoms with Gasteiger partial charge in [0, 0.05) is 49.1 Å². The van der Waals surface area contributed by atoms with Crippen LogP contribution in [0.25, 0.3) is 0 Å². The number of allylic oxidation sites excluding steroid dienone is 4. The molecule has 1 unspecified atom stereocenters. The topological polar surface area (TPSA) is 49.9 Å². The molecule has 6 nitrogen and oxygen atoms in total. The molecule has 0 saturated heterocycles. The highest BCUT2D eigenvalue weighted by atomic mass is 16.5. The zero-order valence-corrected chi connectivity index (χ0v) is 24.9. The molecule has 0 aliphatic carbocycles. The highest BCUT2D eigenvalue weighted by molar-refractivity contribution is 5.93. The Bertz CT molecular complexity index is 1200. The van der Waals surface area contributed by atoms with E-state index < -0.39 is 0 Å². The van der Waals surface area contributed by atoms with Crippen LogP contribution in [0.1, 0.15) is 52.0 Å². The first kappa shape index (κ1) is 30.9. The largest absolute Gasteiger partial charge is 0.466 e. The number of nitrogens with zero attached hydrogens (tertiary/aromatic N) is 3. The molecule has 6 heteroatoms. The molecule has 1 aliphatic rings. The SMILES string of the molecule is CCOC(=O)CCC[N+](C)(C)CCCCN1C=CC(C)(/C=C/C=C/N(C(C)=O)c2ccccc2)c2ccccc21. The molecular weight excluding hydrogens is 498 g/mol. The highest BCUT2D eigenvalue weighted by Crippen LogP contribution is 2.39. The predicted molar refractivity (Wildman–Crippen MR) is 165 cm³/mol. The first-order valence-electron chi connectivity index (χ1n) is 14.4. The number of ether oxygens (including phenoxy) is 1. The number of carbonyl (C=O) groups excluding carboxylic acids is 2. The van der Waals surface area contributed by atoms with Gasteiger partial charge in [0.15, 0.2) is 0 Å². The zero-order valence-electron chi connectivity index (χ0n) is 24.9. The van der Waals surface area contributed by atoms with Gasteiger partial charge in [0.25, 0.3) is 0 Å². The van der Waals surface area contributed by atoms with Gasteiger partial charge in [-0.2, -0.15) is 0 Å². The van der Waals surface area contributed by atoms with E-state index in [2.05, 4.69) is 68.5 Å². The summed E-state index contributed by atoms with van der Waals surface area (Å²) >= 11 is 0. The second-order valence-electron chi connectivity index (χ2n) is 11.2. The van der Waals surface area contributed by atoms with Crippen LogP contribution in [0, 0.1) is 0 Å². The quantitative estimate of drug-likeness (QED) is 0.116. The number of quaternary nitrogens is 1. The molecule has 0 spiro atoms. The summed E-state index contributed by atoms with van der Waals surface area (Å²) in [6.07, 6.45) is 16.0. The first-order valence-corrected chi connectivity index (χ1v) is 14.4. The number of benzene rings is 2. The summed E-state index contributed by atoms with van der Waals surface area (Å²) in [4.78, 5) is 27.8. The maximum absolute atomic E-state index is 12.2. The summed E-state index contributed by atoms with van der Waals surface area (Å²) in [6, 6.07) is 18.3. The van der Waals surface area contributed by atoms with Gasteiger partial charge >= 0.3 is 5.97 Å². The molecule has 1 aliphatic heterocycles. The van der Waals surface area contributed by atoms with Crippen LogP contribution >= 0.6 is 0 Å². The van der Waals surface area contributed by atoms with Gasteiger partial charge in [0.05, 0.1) is 40.2 Å². The number of esters is 1. The fourth-order valence-electron chi connectivity index (χ4n) is 5.11. The molecule has 0 bridgehead atoms. The van der Waals surface area contributed by atoms with Crippen LogP contribution in [-0.4, -0.2) is 56.7 Å². The Morgan fingerprint density at radius 1 is 0.975 bits per heavy atom. The Morgan fingerprint density at radius 3 is 2.40 bits per heavy atom. The highest BCUT2D eigenvalue weighted by Gasteiger charge is 2.28. The Morgan fingerprint density at radius 2 is 1.68 bits per heavy atom. The van der Waals surface area contributed by atoms with Crippen LogP contribution < -0.4 is 9.80 Å². The molecule has 214 valence electrons. The minimum absolute atomic E-state index is 0.0283. The number of fused-ring (bicyclic) bond motifs is 1. The molecule has 0 N–H and O–H groups in total. The molecule has 40 heavy (non-hydrogen) atoms. The second kappa shape index (κ2) is 14.7. The van der Waals surface area contributed by atoms with Crippen molar-refractivity contribution in [1.82, 2.24) is 0 Å². The van der Waals surface area contributed by atoms with Gasteiger partial charge in [0.1, 0.15) is 0 Å². The lowest BCUT2D eigenvalue weighted by Crippen LogP contribution is -2.41. The van der Waals surface area contributed by atoms with Crippen molar-refractivity contribution in [3.05, 3.63) is 96.9 Å². The molecule has 2 aromatic carbocycles. The third kappa shape index (κ3) is 8.95. The van der Waals surface area contributed by atoms with E-state index in [1.807, 2.05) is 55.6 Å². The molecule has 1 amide bonds. The van der Waals surface area contributed by atoms with Crippen molar-refractivity contribution in [3.8, 4) is 0 Å². The van der Waals surface area contributed by atoms with Crippen molar-refractivity contribution < 1.29 is 18.8 Å². The van der Waals surface area contributed by atoms with E-state index in [0.29, 0.717) is 13.0 Å². The third-order valence-corrected chi connectivity index (χ3v) is 7.42. The fraction of sp³-hybridized carbons (Fsp3) is 0.412. The Balaban J connectivity index is 1.57. The number of carbonyl (C=O) groups is 2. The third-order valence-electron chi connectivity index (χ3n) is 7.42. The predicted octanol–water partition coefficient (Wildman–Crippen LogP) is 6.60. The summed E-state index contributed by atoms with van der Waals surface area (Å²) in [5.41, 5.74) is 3.11. The van der Waals surface area contributed by atoms with E-state index in [-0.39, 0.29) is 17.3 Å². The van der Waals surface area contributed by atoms with E-state index in [1.54, 1.807) is 11.8 Å². The average Bonchev–Trinajstić information content (AvgIpc) is 2.93. The Labute approximate surface area is 240 Å². The van der Waals surface area contributed by atoms with Crippen LogP contribution in [0.5, 0.6) is 0 Å². The second-order valence-corrected chi connectivity index (χ2v) is 11.2. The Kier molecular flexibility index (Phi) is 11.3. The summed E-state index contributed by atoms with van der Waals surface area (Å²) in [5.74, 6) is -0.124. The maximum atomic E-state index is 12.2. The number of unbranched alkanes of at least 4 members (excludes halogenated alkanes) is 1. The van der Waals surface area contributed by atoms with Gasteiger partial charge in [0.2, 0.25) is 5.91 Å². The van der Waals surface area contributed by atoms with Gasteiger partial charge in [-0.1, -0.05) is 54.6 Å². The maximum Gasteiger partial charge on any atom is 0.305 e. The monoisotopic (exact) mass is 544 g/mol. The standard InChI is InChI=1S/C34H46N3O3/c1-6-40-33(39)21-16-28-37(4,5)27-15-14-24-35-26-23-34(3,31-19-10-11-20-32(31)35)22-12-13-25-36(29(2)38)30-17-8-7-9-18-30/h7-13,17-20,22-23,25-26H,6,14-16,21,24,27-28H2,1-5H3/q+1/b22-12+,25-13+. The van der Waals surface area contributed by atoms with Crippen LogP contribution in [0.4, 0.5) is 11.4 Å². The van der Waals surface area contributed by atoms with Crippen LogP contribution in [0.3, 0.4) is 0 Å². The van der Waals surface area contributed by atoms with Crippen molar-refractivity contribution in [1.29, 1.82) is 0 Å². The van der Waals surface area contributed by atoms with Crippen molar-refractivity contribution in [2.24, 2.45) is 0 Å². The molecule has 0 radical (unpaired) electrons. The van der Waals surface area contributed by atoms with Gasteiger partial charge in [-0.3, -0.25) is 14.5 Å². The molecule has 2 aromatic rings. The zero-order chi connectivity index (χ0) is 29.0. The normalized spacial score (nSPS) is 16.9. The lowest BCUT2D eigenvalue weighted by atomic mass is 9.79. The lowest BCUT2D eigenvalue weighted by Gasteiger charge is -2.36. The van der Waals surface area contributed by atoms with E-state index in [9.17, 15) is 9.59 Å². The molecule has 0 fully saturated rings. The van der Waals surface area contributed by atoms with E-state index in [0.717, 1.165) is 49.1 Å². The van der Waals surface area contributed by atoms with E-state index >= 15 is 0 Å². The number of amides is 1. The number of para-hydroxylation sites is 2. The van der Waals surface area contributed by atoms with Gasteiger partial charge in [-0.25, -0.2) is 0 Å². The minimum atomic E-state index is -0.247. The number of anilines is 2. The molecule has 0 aromatic heterocycles. The molecular formula is C34H46N3O3+.